The number of amides is 1. The van der Waals surface area contributed by atoms with E-state index in [1.54, 1.807) is 12.3 Å². The summed E-state index contributed by atoms with van der Waals surface area (Å²) in [5, 5.41) is 6.20. The molecule has 0 saturated carbocycles. The Morgan fingerprint density at radius 2 is 1.68 bits per heavy atom. The largest absolute Gasteiger partial charge is 0.372 e. The Kier molecular flexibility index (Phi) is 5.52. The standard InChI is InChI=1S/C23H24N4O/c28-23(25-16-18-6-2-1-3-7-18)19-8-13-22(24-17-19)26-20-9-11-21(12-10-20)27-14-4-5-15-27/h1-3,6-13,17H,4-5,14-16H2,(H,24,26)(H,25,28). The van der Waals surface area contributed by atoms with Crippen LogP contribution in [0.3, 0.4) is 0 Å². The second-order valence-corrected chi connectivity index (χ2v) is 6.97. The lowest BCUT2D eigenvalue weighted by Gasteiger charge is -2.17. The topological polar surface area (TPSA) is 57.3 Å². The maximum Gasteiger partial charge on any atom is 0.253 e. The van der Waals surface area contributed by atoms with Crippen LogP contribution in [0.25, 0.3) is 0 Å². The number of nitrogens with one attached hydrogen (secondary N) is 2. The summed E-state index contributed by atoms with van der Waals surface area (Å²) in [6, 6.07) is 21.9. The first-order chi connectivity index (χ1) is 13.8. The van der Waals surface area contributed by atoms with E-state index in [0.29, 0.717) is 17.9 Å². The molecule has 3 aromatic rings. The lowest BCUT2D eigenvalue weighted by molar-refractivity contribution is 0.0950. The van der Waals surface area contributed by atoms with Crippen molar-refractivity contribution in [3.63, 3.8) is 0 Å². The van der Waals surface area contributed by atoms with E-state index in [2.05, 4.69) is 44.8 Å². The third-order valence-electron chi connectivity index (χ3n) is 4.93. The van der Waals surface area contributed by atoms with E-state index in [1.165, 1.54) is 18.5 Å². The van der Waals surface area contributed by atoms with Crippen LogP contribution in [0.2, 0.25) is 0 Å². The van der Waals surface area contributed by atoms with Crippen LogP contribution in [-0.2, 0) is 6.54 Å². The van der Waals surface area contributed by atoms with Gasteiger partial charge < -0.3 is 15.5 Å². The number of anilines is 3. The minimum Gasteiger partial charge on any atom is -0.372 e. The molecular formula is C23H24N4O. The molecule has 1 aromatic heterocycles. The molecule has 2 aromatic carbocycles. The minimum atomic E-state index is -0.127. The molecule has 1 amide bonds. The summed E-state index contributed by atoms with van der Waals surface area (Å²) in [5.41, 5.74) is 3.86. The molecule has 142 valence electrons. The monoisotopic (exact) mass is 372 g/mol. The van der Waals surface area contributed by atoms with E-state index in [-0.39, 0.29) is 5.91 Å². The summed E-state index contributed by atoms with van der Waals surface area (Å²) < 4.78 is 0. The van der Waals surface area contributed by atoms with E-state index in [9.17, 15) is 4.79 Å². The Labute approximate surface area is 165 Å². The Hall–Kier alpha value is -3.34. The van der Waals surface area contributed by atoms with Crippen molar-refractivity contribution in [2.45, 2.75) is 19.4 Å². The first-order valence-corrected chi connectivity index (χ1v) is 9.68. The molecule has 0 atom stereocenters. The average molecular weight is 372 g/mol. The van der Waals surface area contributed by atoms with E-state index in [4.69, 9.17) is 0 Å². The fraction of sp³-hybridized carbons (Fsp3) is 0.217. The number of pyridine rings is 1. The molecular weight excluding hydrogens is 348 g/mol. The van der Waals surface area contributed by atoms with Gasteiger partial charge in [-0.05, 0) is 54.8 Å². The van der Waals surface area contributed by atoms with Gasteiger partial charge >= 0.3 is 0 Å². The quantitative estimate of drug-likeness (QED) is 0.675. The molecule has 5 heteroatoms. The van der Waals surface area contributed by atoms with E-state index in [0.717, 1.165) is 24.3 Å². The average Bonchev–Trinajstić information content (AvgIpc) is 3.29. The number of carbonyl (C=O) groups is 1. The zero-order valence-corrected chi connectivity index (χ0v) is 15.8. The second kappa shape index (κ2) is 8.57. The van der Waals surface area contributed by atoms with Crippen molar-refractivity contribution in [1.82, 2.24) is 10.3 Å². The third kappa shape index (κ3) is 4.49. The molecule has 0 aliphatic carbocycles. The summed E-state index contributed by atoms with van der Waals surface area (Å²) in [7, 11) is 0. The first kappa shape index (κ1) is 18.0. The number of benzene rings is 2. The number of carbonyl (C=O) groups excluding carboxylic acids is 1. The highest BCUT2D eigenvalue weighted by atomic mass is 16.1. The van der Waals surface area contributed by atoms with Crippen LogP contribution in [0, 0.1) is 0 Å². The number of rotatable bonds is 6. The van der Waals surface area contributed by atoms with Crippen molar-refractivity contribution in [2.75, 3.05) is 23.3 Å². The van der Waals surface area contributed by atoms with E-state index in [1.807, 2.05) is 36.4 Å². The summed E-state index contributed by atoms with van der Waals surface area (Å²) >= 11 is 0. The number of aromatic nitrogens is 1. The Bertz CT molecular complexity index is 902. The molecule has 1 fully saturated rings. The molecule has 2 N–H and O–H groups in total. The SMILES string of the molecule is O=C(NCc1ccccc1)c1ccc(Nc2ccc(N3CCCC3)cc2)nc1. The molecule has 0 bridgehead atoms. The van der Waals surface area contributed by atoms with Gasteiger partial charge in [0.2, 0.25) is 0 Å². The van der Waals surface area contributed by atoms with Crippen LogP contribution >= 0.6 is 0 Å². The number of hydrogen-bond acceptors (Lipinski definition) is 4. The molecule has 0 unspecified atom stereocenters. The highest BCUT2D eigenvalue weighted by Gasteiger charge is 2.12. The second-order valence-electron chi connectivity index (χ2n) is 6.97. The predicted octanol–water partition coefficient (Wildman–Crippen LogP) is 4.36. The van der Waals surface area contributed by atoms with Crippen LogP contribution in [0.1, 0.15) is 28.8 Å². The van der Waals surface area contributed by atoms with Gasteiger partial charge in [0.15, 0.2) is 0 Å². The van der Waals surface area contributed by atoms with E-state index >= 15 is 0 Å². The van der Waals surface area contributed by atoms with Gasteiger partial charge in [-0.25, -0.2) is 4.98 Å². The van der Waals surface area contributed by atoms with Crippen LogP contribution < -0.4 is 15.5 Å². The maximum atomic E-state index is 12.3. The lowest BCUT2D eigenvalue weighted by atomic mass is 10.2. The van der Waals surface area contributed by atoms with Gasteiger partial charge in [-0.1, -0.05) is 30.3 Å². The summed E-state index contributed by atoms with van der Waals surface area (Å²) in [6.45, 7) is 2.79. The predicted molar refractivity (Wildman–Crippen MR) is 113 cm³/mol. The smallest absolute Gasteiger partial charge is 0.253 e. The third-order valence-corrected chi connectivity index (χ3v) is 4.93. The first-order valence-electron chi connectivity index (χ1n) is 9.68. The van der Waals surface area contributed by atoms with Gasteiger partial charge in [-0.3, -0.25) is 4.79 Å². The van der Waals surface area contributed by atoms with Crippen molar-refractivity contribution in [2.24, 2.45) is 0 Å². The summed E-state index contributed by atoms with van der Waals surface area (Å²) in [5.74, 6) is 0.589. The minimum absolute atomic E-state index is 0.127. The zero-order valence-electron chi connectivity index (χ0n) is 15.8. The molecule has 4 rings (SSSR count). The van der Waals surface area contributed by atoms with Crippen LogP contribution in [-0.4, -0.2) is 24.0 Å². The van der Waals surface area contributed by atoms with Gasteiger partial charge in [-0.15, -0.1) is 0 Å². The van der Waals surface area contributed by atoms with Crippen LogP contribution in [0.5, 0.6) is 0 Å². The van der Waals surface area contributed by atoms with Gasteiger partial charge in [0.05, 0.1) is 5.56 Å². The van der Waals surface area contributed by atoms with Crippen molar-refractivity contribution in [3.05, 3.63) is 84.1 Å². The van der Waals surface area contributed by atoms with Gasteiger partial charge in [0.1, 0.15) is 5.82 Å². The molecule has 1 aliphatic heterocycles. The van der Waals surface area contributed by atoms with Gasteiger partial charge in [-0.2, -0.15) is 0 Å². The van der Waals surface area contributed by atoms with Gasteiger partial charge in [0, 0.05) is 37.2 Å². The normalized spacial score (nSPS) is 13.4. The molecule has 1 saturated heterocycles. The fourth-order valence-electron chi connectivity index (χ4n) is 3.36. The highest BCUT2D eigenvalue weighted by molar-refractivity contribution is 5.94. The molecule has 2 heterocycles. The van der Waals surface area contributed by atoms with Crippen molar-refractivity contribution in [1.29, 1.82) is 0 Å². The molecule has 5 nitrogen and oxygen atoms in total. The molecule has 1 aliphatic rings. The molecule has 0 spiro atoms. The lowest BCUT2D eigenvalue weighted by Crippen LogP contribution is -2.22. The molecule has 28 heavy (non-hydrogen) atoms. The van der Waals surface area contributed by atoms with Crippen molar-refractivity contribution < 1.29 is 4.79 Å². The van der Waals surface area contributed by atoms with Gasteiger partial charge in [0.25, 0.3) is 5.91 Å². The fourth-order valence-corrected chi connectivity index (χ4v) is 3.36. The summed E-state index contributed by atoms with van der Waals surface area (Å²) in [6.07, 6.45) is 4.14. The van der Waals surface area contributed by atoms with E-state index < -0.39 is 0 Å². The Morgan fingerprint density at radius 3 is 2.36 bits per heavy atom. The maximum absolute atomic E-state index is 12.3. The summed E-state index contributed by atoms with van der Waals surface area (Å²) in [4.78, 5) is 19.0. The van der Waals surface area contributed by atoms with Crippen molar-refractivity contribution in [3.8, 4) is 0 Å². The van der Waals surface area contributed by atoms with Crippen LogP contribution in [0.4, 0.5) is 17.2 Å². The molecule has 0 radical (unpaired) electrons. The Morgan fingerprint density at radius 1 is 0.929 bits per heavy atom. The Balaban J connectivity index is 1.33. The van der Waals surface area contributed by atoms with Crippen molar-refractivity contribution >= 4 is 23.1 Å². The highest BCUT2D eigenvalue weighted by Crippen LogP contribution is 2.23. The zero-order chi connectivity index (χ0) is 19.2. The number of hydrogen-bond donors (Lipinski definition) is 2. The van der Waals surface area contributed by atoms with Crippen LogP contribution in [0.15, 0.2) is 72.9 Å². The number of nitrogens with zero attached hydrogens (tertiary/aromatic N) is 2.